The molecule has 2 heterocycles. The van der Waals surface area contributed by atoms with Crippen molar-refractivity contribution in [2.45, 2.75) is 32.9 Å². The van der Waals surface area contributed by atoms with Crippen molar-refractivity contribution < 1.29 is 0 Å². The summed E-state index contributed by atoms with van der Waals surface area (Å²) in [6.07, 6.45) is 2.21. The molecule has 0 fully saturated rings. The van der Waals surface area contributed by atoms with Crippen molar-refractivity contribution in [3.63, 3.8) is 0 Å². The molecule has 2 N–H and O–H groups in total. The van der Waals surface area contributed by atoms with Gasteiger partial charge >= 0.3 is 5.69 Å². The standard InChI is InChI=1S/C17H22N4O2/c1-2-3-9-20-11-14-15(18-12-20)21(17(23)19-16(14)22)10-13-7-5-4-6-8-13/h4-8,18H,2-3,9-12H2,1H3,(H,19,22,23). The molecule has 6 nitrogen and oxygen atoms in total. The Morgan fingerprint density at radius 2 is 1.96 bits per heavy atom. The second kappa shape index (κ2) is 6.83. The van der Waals surface area contributed by atoms with Crippen molar-refractivity contribution in [2.24, 2.45) is 0 Å². The smallest absolute Gasteiger partial charge is 0.330 e. The summed E-state index contributed by atoms with van der Waals surface area (Å²) in [5.41, 5.74) is 1.01. The summed E-state index contributed by atoms with van der Waals surface area (Å²) in [6.45, 7) is 4.77. The van der Waals surface area contributed by atoms with Crippen molar-refractivity contribution in [1.82, 2.24) is 14.5 Å². The van der Waals surface area contributed by atoms with E-state index in [2.05, 4.69) is 22.1 Å². The number of hydrogen-bond donors (Lipinski definition) is 2. The van der Waals surface area contributed by atoms with E-state index in [1.807, 2.05) is 30.3 Å². The van der Waals surface area contributed by atoms with Gasteiger partial charge in [0.15, 0.2) is 0 Å². The van der Waals surface area contributed by atoms with Gasteiger partial charge in [0.2, 0.25) is 0 Å². The molecular weight excluding hydrogens is 292 g/mol. The minimum atomic E-state index is -0.368. The van der Waals surface area contributed by atoms with Gasteiger partial charge in [0, 0.05) is 13.1 Å². The van der Waals surface area contributed by atoms with Gasteiger partial charge in [-0.05, 0) is 12.0 Å². The molecule has 0 unspecified atom stereocenters. The average molecular weight is 314 g/mol. The monoisotopic (exact) mass is 314 g/mol. The number of anilines is 1. The molecule has 3 rings (SSSR count). The van der Waals surface area contributed by atoms with Gasteiger partial charge < -0.3 is 5.32 Å². The van der Waals surface area contributed by atoms with Crippen LogP contribution in [-0.4, -0.2) is 27.7 Å². The topological polar surface area (TPSA) is 70.1 Å². The molecule has 0 radical (unpaired) electrons. The molecule has 0 amide bonds. The molecule has 6 heteroatoms. The number of H-pyrrole nitrogens is 1. The summed E-state index contributed by atoms with van der Waals surface area (Å²) < 4.78 is 1.61. The fourth-order valence-corrected chi connectivity index (χ4v) is 2.88. The van der Waals surface area contributed by atoms with Crippen LogP contribution in [0.1, 0.15) is 30.9 Å². The first-order valence-electron chi connectivity index (χ1n) is 8.05. The second-order valence-corrected chi connectivity index (χ2v) is 5.90. The van der Waals surface area contributed by atoms with Gasteiger partial charge in [0.1, 0.15) is 5.82 Å². The Hall–Kier alpha value is -2.34. The lowest BCUT2D eigenvalue weighted by Crippen LogP contribution is -2.43. The fourth-order valence-electron chi connectivity index (χ4n) is 2.88. The van der Waals surface area contributed by atoms with Gasteiger partial charge in [0.05, 0.1) is 18.8 Å². The Bertz CT molecular complexity index is 779. The van der Waals surface area contributed by atoms with Crippen LogP contribution >= 0.6 is 0 Å². The van der Waals surface area contributed by atoms with Crippen LogP contribution in [0.4, 0.5) is 5.82 Å². The normalized spacial score (nSPS) is 14.3. The first-order valence-corrected chi connectivity index (χ1v) is 8.05. The van der Waals surface area contributed by atoms with Crippen molar-refractivity contribution in [1.29, 1.82) is 0 Å². The second-order valence-electron chi connectivity index (χ2n) is 5.90. The SMILES string of the molecule is CCCCN1CNc2c(c(=O)[nH]c(=O)n2Cc2ccccc2)C1. The number of nitrogens with one attached hydrogen (secondary N) is 2. The lowest BCUT2D eigenvalue weighted by molar-refractivity contribution is 0.267. The highest BCUT2D eigenvalue weighted by molar-refractivity contribution is 5.46. The molecule has 0 bridgehead atoms. The molecule has 1 aromatic carbocycles. The third-order valence-electron chi connectivity index (χ3n) is 4.16. The third kappa shape index (κ3) is 3.37. The maximum atomic E-state index is 12.2. The predicted octanol–water partition coefficient (Wildman–Crippen LogP) is 1.57. The number of unbranched alkanes of at least 4 members (excludes halogenated alkanes) is 1. The van der Waals surface area contributed by atoms with Gasteiger partial charge in [-0.15, -0.1) is 0 Å². The van der Waals surface area contributed by atoms with E-state index in [9.17, 15) is 9.59 Å². The van der Waals surface area contributed by atoms with Crippen molar-refractivity contribution in [3.8, 4) is 0 Å². The maximum Gasteiger partial charge on any atom is 0.330 e. The quantitative estimate of drug-likeness (QED) is 0.879. The first-order chi connectivity index (χ1) is 11.2. The van der Waals surface area contributed by atoms with Crippen molar-refractivity contribution in [3.05, 3.63) is 62.3 Å². The first kappa shape index (κ1) is 15.6. The fraction of sp³-hybridized carbons (Fsp3) is 0.412. The Morgan fingerprint density at radius 3 is 2.70 bits per heavy atom. The number of aromatic nitrogens is 2. The summed E-state index contributed by atoms with van der Waals surface area (Å²) in [5.74, 6) is 0.648. The Labute approximate surface area is 134 Å². The maximum absolute atomic E-state index is 12.2. The molecular formula is C17H22N4O2. The number of hydrogen-bond acceptors (Lipinski definition) is 4. The van der Waals surface area contributed by atoms with Gasteiger partial charge in [-0.2, -0.15) is 0 Å². The Kier molecular flexibility index (Phi) is 4.62. The minimum absolute atomic E-state index is 0.289. The molecule has 23 heavy (non-hydrogen) atoms. The Balaban J connectivity index is 1.93. The largest absolute Gasteiger partial charge is 0.358 e. The van der Waals surface area contributed by atoms with Gasteiger partial charge in [-0.3, -0.25) is 19.2 Å². The molecule has 1 aliphatic heterocycles. The molecule has 0 spiro atoms. The van der Waals surface area contributed by atoms with E-state index in [4.69, 9.17) is 0 Å². The van der Waals surface area contributed by atoms with E-state index < -0.39 is 0 Å². The van der Waals surface area contributed by atoms with Crippen LogP contribution in [0, 0.1) is 0 Å². The Morgan fingerprint density at radius 1 is 1.17 bits per heavy atom. The minimum Gasteiger partial charge on any atom is -0.358 e. The number of rotatable bonds is 5. The highest BCUT2D eigenvalue weighted by Gasteiger charge is 2.22. The molecule has 122 valence electrons. The highest BCUT2D eigenvalue weighted by atomic mass is 16.2. The van der Waals surface area contributed by atoms with E-state index in [1.54, 1.807) is 4.57 Å². The molecule has 0 aliphatic carbocycles. The van der Waals surface area contributed by atoms with E-state index in [1.165, 1.54) is 0 Å². The molecule has 0 saturated heterocycles. The molecule has 1 aliphatic rings. The number of nitrogens with zero attached hydrogens (tertiary/aromatic N) is 2. The number of benzene rings is 1. The van der Waals surface area contributed by atoms with E-state index in [-0.39, 0.29) is 11.2 Å². The van der Waals surface area contributed by atoms with Gasteiger partial charge in [0.25, 0.3) is 5.56 Å². The van der Waals surface area contributed by atoms with Crippen LogP contribution in [0.3, 0.4) is 0 Å². The van der Waals surface area contributed by atoms with E-state index in [0.29, 0.717) is 31.1 Å². The van der Waals surface area contributed by atoms with Crippen LogP contribution in [0.25, 0.3) is 0 Å². The predicted molar refractivity (Wildman–Crippen MR) is 90.7 cm³/mol. The van der Waals surface area contributed by atoms with Crippen molar-refractivity contribution >= 4 is 5.82 Å². The zero-order valence-electron chi connectivity index (χ0n) is 13.3. The van der Waals surface area contributed by atoms with Crippen LogP contribution in [0.15, 0.2) is 39.9 Å². The summed E-state index contributed by atoms with van der Waals surface area (Å²) in [5, 5.41) is 3.26. The zero-order valence-corrected chi connectivity index (χ0v) is 13.3. The number of fused-ring (bicyclic) bond motifs is 1. The van der Waals surface area contributed by atoms with Crippen LogP contribution in [0.2, 0.25) is 0 Å². The van der Waals surface area contributed by atoms with E-state index in [0.717, 1.165) is 24.9 Å². The lowest BCUT2D eigenvalue weighted by Gasteiger charge is -2.30. The van der Waals surface area contributed by atoms with Crippen LogP contribution in [-0.2, 0) is 13.1 Å². The molecule has 1 aromatic heterocycles. The zero-order chi connectivity index (χ0) is 16.2. The highest BCUT2D eigenvalue weighted by Crippen LogP contribution is 2.18. The number of aromatic amines is 1. The van der Waals surface area contributed by atoms with Crippen molar-refractivity contribution in [2.75, 3.05) is 18.5 Å². The summed E-state index contributed by atoms with van der Waals surface area (Å²) in [6, 6.07) is 9.77. The van der Waals surface area contributed by atoms with Gasteiger partial charge in [-0.1, -0.05) is 43.7 Å². The lowest BCUT2D eigenvalue weighted by atomic mass is 10.2. The van der Waals surface area contributed by atoms with E-state index >= 15 is 0 Å². The van der Waals surface area contributed by atoms with Crippen LogP contribution in [0.5, 0.6) is 0 Å². The summed E-state index contributed by atoms with van der Waals surface area (Å²) in [4.78, 5) is 29.0. The summed E-state index contributed by atoms with van der Waals surface area (Å²) >= 11 is 0. The average Bonchev–Trinajstić information content (AvgIpc) is 2.57. The third-order valence-corrected chi connectivity index (χ3v) is 4.16. The van der Waals surface area contributed by atoms with Crippen LogP contribution < -0.4 is 16.6 Å². The molecule has 0 saturated carbocycles. The summed E-state index contributed by atoms with van der Waals surface area (Å²) in [7, 11) is 0. The molecule has 0 atom stereocenters. The van der Waals surface area contributed by atoms with Gasteiger partial charge in [-0.25, -0.2) is 4.79 Å². The molecule has 2 aromatic rings.